The maximum atomic E-state index is 9.61. The minimum atomic E-state index is -1.71. The molecule has 0 atom stereocenters. The molecule has 0 saturated heterocycles. The van der Waals surface area contributed by atoms with Crippen molar-refractivity contribution in [2.75, 3.05) is 0 Å². The van der Waals surface area contributed by atoms with Gasteiger partial charge in [0.1, 0.15) is 0 Å². The summed E-state index contributed by atoms with van der Waals surface area (Å²) in [7, 11) is 0. The van der Waals surface area contributed by atoms with Gasteiger partial charge in [-0.1, -0.05) is 5.10 Å². The molecule has 1 rings (SSSR count). The number of hydrogen-bond acceptors (Lipinski definition) is 6. The first kappa shape index (κ1) is 9.34. The molecule has 0 aliphatic rings. The normalized spacial score (nSPS) is 8.00. The van der Waals surface area contributed by atoms with Crippen LogP contribution in [0.25, 0.3) is 0 Å². The van der Waals surface area contributed by atoms with Gasteiger partial charge in [0.25, 0.3) is 12.2 Å². The van der Waals surface area contributed by atoms with Gasteiger partial charge in [-0.2, -0.15) is 5.21 Å². The Kier molecular flexibility index (Phi) is 3.93. The van der Waals surface area contributed by atoms with Crippen LogP contribution in [-0.4, -0.2) is 26.8 Å². The molecule has 0 fully saturated rings. The van der Waals surface area contributed by atoms with E-state index < -0.39 is 6.16 Å². The van der Waals surface area contributed by atoms with E-state index in [-0.39, 0.29) is 35.6 Å². The van der Waals surface area contributed by atoms with Crippen molar-refractivity contribution in [2.24, 2.45) is 0 Å². The number of aromatic nitrogens is 4. The number of ether oxygens (including phenoxy) is 1. The van der Waals surface area contributed by atoms with E-state index in [9.17, 15) is 9.90 Å². The topological polar surface area (TPSA) is 104 Å². The summed E-state index contributed by atoms with van der Waals surface area (Å²) in [5, 5.41) is 21.0. The van der Waals surface area contributed by atoms with Crippen LogP contribution in [-0.2, 0) is 0 Å². The standard InChI is InChI=1S/C2H2N4O3.Na/c7-2(8)9-1-3-5-6-4-1;/h(H,7,8)(H,3,4,5,6);/q;+1/p-1. The number of aromatic amines is 1. The maximum Gasteiger partial charge on any atom is 1.00 e. The Morgan fingerprint density at radius 3 is 2.80 bits per heavy atom. The molecular weight excluding hydrogens is 151 g/mol. The summed E-state index contributed by atoms with van der Waals surface area (Å²) in [5.41, 5.74) is 0. The number of nitrogens with one attached hydrogen (secondary N) is 1. The fourth-order valence-corrected chi connectivity index (χ4v) is 0.270. The molecule has 8 heteroatoms. The van der Waals surface area contributed by atoms with Crippen molar-refractivity contribution in [1.29, 1.82) is 0 Å². The SMILES string of the molecule is O=C([O-])Oc1nn[nH]n1.[Na+]. The van der Waals surface area contributed by atoms with E-state index >= 15 is 0 Å². The predicted molar refractivity (Wildman–Crippen MR) is 20.2 cm³/mol. The second-order valence-electron chi connectivity index (χ2n) is 1.05. The van der Waals surface area contributed by atoms with Crippen LogP contribution in [0.5, 0.6) is 6.01 Å². The average molecular weight is 152 g/mol. The maximum absolute atomic E-state index is 9.61. The molecule has 7 nitrogen and oxygen atoms in total. The van der Waals surface area contributed by atoms with Crippen LogP contribution in [0.1, 0.15) is 0 Å². The molecule has 48 valence electrons. The van der Waals surface area contributed by atoms with Crippen molar-refractivity contribution in [2.45, 2.75) is 0 Å². The van der Waals surface area contributed by atoms with Crippen molar-refractivity contribution >= 4 is 6.16 Å². The molecule has 0 unspecified atom stereocenters. The van der Waals surface area contributed by atoms with Crippen molar-refractivity contribution in [1.82, 2.24) is 20.6 Å². The second-order valence-corrected chi connectivity index (χ2v) is 1.05. The van der Waals surface area contributed by atoms with E-state index in [4.69, 9.17) is 0 Å². The third-order valence-electron chi connectivity index (χ3n) is 0.501. The first-order valence-electron chi connectivity index (χ1n) is 1.91. The zero-order valence-electron chi connectivity index (χ0n) is 5.07. The number of carboxylic acid groups (broad SMARTS) is 1. The quantitative estimate of drug-likeness (QED) is 0.319. The zero-order chi connectivity index (χ0) is 6.69. The molecular formula is C2HN4NaO3. The summed E-state index contributed by atoms with van der Waals surface area (Å²) in [5.74, 6) is 0. The molecule has 10 heavy (non-hydrogen) atoms. The van der Waals surface area contributed by atoms with Crippen LogP contribution in [0.4, 0.5) is 4.79 Å². The number of H-pyrrole nitrogens is 1. The molecule has 0 bridgehead atoms. The van der Waals surface area contributed by atoms with Crippen LogP contribution in [0.2, 0.25) is 0 Å². The second kappa shape index (κ2) is 4.20. The first-order chi connectivity index (χ1) is 4.29. The molecule has 1 heterocycles. The van der Waals surface area contributed by atoms with Crippen molar-refractivity contribution in [3.05, 3.63) is 0 Å². The molecule has 1 N–H and O–H groups in total. The average Bonchev–Trinajstić information content (AvgIpc) is 2.15. The number of nitrogens with zero attached hydrogens (tertiary/aromatic N) is 3. The molecule has 0 saturated carbocycles. The van der Waals surface area contributed by atoms with Gasteiger partial charge in [-0.05, 0) is 5.21 Å². The third kappa shape index (κ3) is 2.76. The Morgan fingerprint density at radius 1 is 1.70 bits per heavy atom. The van der Waals surface area contributed by atoms with E-state index in [1.54, 1.807) is 0 Å². The van der Waals surface area contributed by atoms with Gasteiger partial charge in [0.2, 0.25) is 0 Å². The van der Waals surface area contributed by atoms with Gasteiger partial charge in [0, 0.05) is 0 Å². The van der Waals surface area contributed by atoms with Crippen molar-refractivity contribution in [3.8, 4) is 6.01 Å². The number of tetrazole rings is 1. The number of rotatable bonds is 1. The van der Waals surface area contributed by atoms with Gasteiger partial charge in [0.15, 0.2) is 0 Å². The fraction of sp³-hybridized carbons (Fsp3) is 0. The Balaban J connectivity index is 0.000000810. The molecule has 0 aliphatic carbocycles. The van der Waals surface area contributed by atoms with E-state index in [2.05, 4.69) is 20.1 Å². The molecule has 0 amide bonds. The van der Waals surface area contributed by atoms with Crippen LogP contribution in [0, 0.1) is 0 Å². The Morgan fingerprint density at radius 2 is 2.40 bits per heavy atom. The third-order valence-corrected chi connectivity index (χ3v) is 0.501. The Labute approximate surface area is 77.1 Å². The molecule has 1 aromatic heterocycles. The minimum Gasteiger partial charge on any atom is -0.480 e. The Hall–Kier alpha value is -0.660. The zero-order valence-corrected chi connectivity index (χ0v) is 7.07. The van der Waals surface area contributed by atoms with Gasteiger partial charge in [-0.3, -0.25) is 0 Å². The van der Waals surface area contributed by atoms with Crippen LogP contribution in [0.15, 0.2) is 0 Å². The monoisotopic (exact) mass is 152 g/mol. The predicted octanol–water partition coefficient (Wildman–Crippen LogP) is -5.07. The van der Waals surface area contributed by atoms with Crippen molar-refractivity contribution < 1.29 is 44.2 Å². The summed E-state index contributed by atoms with van der Waals surface area (Å²) >= 11 is 0. The molecule has 0 radical (unpaired) electrons. The van der Waals surface area contributed by atoms with Gasteiger partial charge < -0.3 is 14.6 Å². The number of carbonyl (C=O) groups excluding carboxylic acids is 1. The summed E-state index contributed by atoms with van der Waals surface area (Å²) < 4.78 is 3.84. The molecule has 0 aliphatic heterocycles. The Bertz CT molecular complexity index is 198. The van der Waals surface area contributed by atoms with Gasteiger partial charge >= 0.3 is 29.6 Å². The van der Waals surface area contributed by atoms with Crippen molar-refractivity contribution in [3.63, 3.8) is 0 Å². The summed E-state index contributed by atoms with van der Waals surface area (Å²) in [6, 6.07) is -0.366. The van der Waals surface area contributed by atoms with E-state index in [1.807, 2.05) is 5.21 Å². The first-order valence-corrected chi connectivity index (χ1v) is 1.91. The van der Waals surface area contributed by atoms with Crippen LogP contribution in [0.3, 0.4) is 0 Å². The molecule has 0 aromatic carbocycles. The minimum absolute atomic E-state index is 0. The summed E-state index contributed by atoms with van der Waals surface area (Å²) in [6.45, 7) is 0. The van der Waals surface area contributed by atoms with E-state index in [0.29, 0.717) is 0 Å². The van der Waals surface area contributed by atoms with Crippen LogP contribution >= 0.6 is 0 Å². The van der Waals surface area contributed by atoms with Gasteiger partial charge in [-0.15, -0.1) is 5.10 Å². The smallest absolute Gasteiger partial charge is 0.480 e. The van der Waals surface area contributed by atoms with Crippen LogP contribution < -0.4 is 39.4 Å². The van der Waals surface area contributed by atoms with Gasteiger partial charge in [-0.25, -0.2) is 0 Å². The van der Waals surface area contributed by atoms with E-state index in [0.717, 1.165) is 0 Å². The number of hydrogen-bond donors (Lipinski definition) is 1. The summed E-state index contributed by atoms with van der Waals surface area (Å²) in [6.07, 6.45) is -1.71. The largest absolute Gasteiger partial charge is 1.00 e. The summed E-state index contributed by atoms with van der Waals surface area (Å²) in [4.78, 5) is 9.61. The van der Waals surface area contributed by atoms with Gasteiger partial charge in [0.05, 0.1) is 0 Å². The molecule has 0 spiro atoms. The fourth-order valence-electron chi connectivity index (χ4n) is 0.270. The number of carbonyl (C=O) groups is 1. The van der Waals surface area contributed by atoms with E-state index in [1.165, 1.54) is 0 Å². The molecule has 1 aromatic rings.